The first kappa shape index (κ1) is 24.9. The van der Waals surface area contributed by atoms with Crippen LogP contribution >= 0.6 is 0 Å². The number of urea groups is 1. The zero-order valence-corrected chi connectivity index (χ0v) is 21.1. The minimum atomic E-state index is -4.01. The van der Waals surface area contributed by atoms with Gasteiger partial charge in [0, 0.05) is 18.8 Å². The normalized spacial score (nSPS) is 14.6. The molecule has 0 atom stereocenters. The second-order valence-electron chi connectivity index (χ2n) is 8.57. The molecule has 184 valence electrons. The number of hydrogen-bond acceptors (Lipinski definition) is 5. The fourth-order valence-electron chi connectivity index (χ4n) is 3.94. The topological polar surface area (TPSA) is 113 Å². The summed E-state index contributed by atoms with van der Waals surface area (Å²) < 4.78 is 54.6. The highest BCUT2D eigenvalue weighted by Gasteiger charge is 2.26. The molecule has 0 aromatic heterocycles. The Bertz CT molecular complexity index is 1450. The molecule has 0 radical (unpaired) electrons. The van der Waals surface area contributed by atoms with Crippen LogP contribution in [0.5, 0.6) is 0 Å². The van der Waals surface area contributed by atoms with Gasteiger partial charge < -0.3 is 5.32 Å². The van der Waals surface area contributed by atoms with Crippen LogP contribution in [-0.4, -0.2) is 40.3 Å². The van der Waals surface area contributed by atoms with Crippen molar-refractivity contribution in [2.24, 2.45) is 0 Å². The van der Waals surface area contributed by atoms with Gasteiger partial charge in [0.05, 0.1) is 9.79 Å². The Kier molecular flexibility index (Phi) is 6.98. The summed E-state index contributed by atoms with van der Waals surface area (Å²) >= 11 is 0. The van der Waals surface area contributed by atoms with E-state index in [2.05, 4.69) is 5.32 Å². The predicted molar refractivity (Wildman–Crippen MR) is 134 cm³/mol. The first-order valence-electron chi connectivity index (χ1n) is 11.1. The maximum absolute atomic E-state index is 13.1. The lowest BCUT2D eigenvalue weighted by Crippen LogP contribution is -2.34. The van der Waals surface area contributed by atoms with Gasteiger partial charge in [0.15, 0.2) is 0 Å². The molecule has 3 aromatic rings. The van der Waals surface area contributed by atoms with Crippen molar-refractivity contribution in [2.45, 2.75) is 36.5 Å². The lowest BCUT2D eigenvalue weighted by Gasteiger charge is -2.20. The Hall–Kier alpha value is -3.21. The molecule has 0 saturated heterocycles. The second-order valence-corrected chi connectivity index (χ2v) is 12.2. The lowest BCUT2D eigenvalue weighted by molar-refractivity contribution is 0.256. The molecule has 0 bridgehead atoms. The fraction of sp³-hybridized carbons (Fsp3) is 0.240. The number of benzene rings is 3. The van der Waals surface area contributed by atoms with E-state index in [1.165, 1.54) is 16.4 Å². The Labute approximate surface area is 206 Å². The third kappa shape index (κ3) is 5.72. The Morgan fingerprint density at radius 2 is 1.29 bits per heavy atom. The van der Waals surface area contributed by atoms with E-state index >= 15 is 0 Å². The summed E-state index contributed by atoms with van der Waals surface area (Å²) in [7, 11) is -7.62. The number of amides is 2. The molecule has 8 nitrogen and oxygen atoms in total. The number of nitrogens with zero attached hydrogens (tertiary/aromatic N) is 1. The van der Waals surface area contributed by atoms with E-state index in [0.717, 1.165) is 22.3 Å². The van der Waals surface area contributed by atoms with Crippen LogP contribution in [0.2, 0.25) is 0 Å². The van der Waals surface area contributed by atoms with E-state index in [-0.39, 0.29) is 9.79 Å². The standard InChI is InChI=1S/C25H27N3O5S2/c1-18-3-9-23(10-4-18)34(30,31)27-25(29)26-22-8-7-20-13-15-28(16-14-21(20)17-22)35(32,33)24-11-5-19(2)6-12-24/h3-12,17H,13-16H2,1-2H3,(H2,26,27,29). The van der Waals surface area contributed by atoms with Gasteiger partial charge in [-0.05, 0) is 74.2 Å². The van der Waals surface area contributed by atoms with Gasteiger partial charge in [-0.1, -0.05) is 41.5 Å². The largest absolute Gasteiger partial charge is 0.333 e. The average Bonchev–Trinajstić information content (AvgIpc) is 3.02. The van der Waals surface area contributed by atoms with Crippen LogP contribution < -0.4 is 10.0 Å². The molecule has 4 rings (SSSR count). The maximum atomic E-state index is 13.1. The molecule has 0 aliphatic carbocycles. The zero-order chi connectivity index (χ0) is 25.2. The van der Waals surface area contributed by atoms with Crippen LogP contribution in [0.3, 0.4) is 0 Å². The van der Waals surface area contributed by atoms with Crippen molar-refractivity contribution in [3.8, 4) is 0 Å². The summed E-state index contributed by atoms with van der Waals surface area (Å²) in [5.41, 5.74) is 4.22. The highest BCUT2D eigenvalue weighted by atomic mass is 32.2. The van der Waals surface area contributed by atoms with Crippen LogP contribution in [0.1, 0.15) is 22.3 Å². The highest BCUT2D eigenvalue weighted by Crippen LogP contribution is 2.24. The van der Waals surface area contributed by atoms with E-state index in [1.807, 2.05) is 24.6 Å². The van der Waals surface area contributed by atoms with Crippen molar-refractivity contribution in [1.82, 2.24) is 9.03 Å². The molecule has 0 fully saturated rings. The molecule has 3 aromatic carbocycles. The molecule has 0 spiro atoms. The highest BCUT2D eigenvalue weighted by molar-refractivity contribution is 7.90. The van der Waals surface area contributed by atoms with Crippen LogP contribution in [0.25, 0.3) is 0 Å². The van der Waals surface area contributed by atoms with E-state index < -0.39 is 26.1 Å². The summed E-state index contributed by atoms with van der Waals surface area (Å²) in [5, 5.41) is 2.56. The molecule has 1 heterocycles. The number of anilines is 1. The van der Waals surface area contributed by atoms with E-state index in [0.29, 0.717) is 31.6 Å². The van der Waals surface area contributed by atoms with Gasteiger partial charge in [-0.3, -0.25) is 0 Å². The number of hydrogen-bond donors (Lipinski definition) is 2. The molecule has 2 amide bonds. The second kappa shape index (κ2) is 9.80. The average molecular weight is 514 g/mol. The summed E-state index contributed by atoms with van der Waals surface area (Å²) in [6, 6.07) is 17.4. The van der Waals surface area contributed by atoms with Gasteiger partial charge >= 0.3 is 6.03 Å². The lowest BCUT2D eigenvalue weighted by atomic mass is 10.0. The number of rotatable bonds is 5. The predicted octanol–water partition coefficient (Wildman–Crippen LogP) is 3.60. The molecule has 10 heteroatoms. The number of carbonyl (C=O) groups is 1. The van der Waals surface area contributed by atoms with Crippen molar-refractivity contribution >= 4 is 31.8 Å². The Morgan fingerprint density at radius 3 is 1.89 bits per heavy atom. The van der Waals surface area contributed by atoms with Crippen LogP contribution in [0.4, 0.5) is 10.5 Å². The first-order chi connectivity index (χ1) is 16.5. The molecule has 1 aliphatic rings. The zero-order valence-electron chi connectivity index (χ0n) is 19.5. The minimum Gasteiger partial charge on any atom is -0.307 e. The summed E-state index contributed by atoms with van der Waals surface area (Å²) in [5.74, 6) is 0. The summed E-state index contributed by atoms with van der Waals surface area (Å²) in [4.78, 5) is 12.6. The third-order valence-electron chi connectivity index (χ3n) is 5.94. The van der Waals surface area contributed by atoms with Gasteiger partial charge in [-0.2, -0.15) is 4.31 Å². The summed E-state index contributed by atoms with van der Waals surface area (Å²) in [6.07, 6.45) is 1.01. The van der Waals surface area contributed by atoms with Gasteiger partial charge in [0.1, 0.15) is 0 Å². The first-order valence-corrected chi connectivity index (χ1v) is 14.1. The Morgan fingerprint density at radius 1 is 0.743 bits per heavy atom. The molecule has 1 aliphatic heterocycles. The van der Waals surface area contributed by atoms with Crippen molar-refractivity contribution < 1.29 is 21.6 Å². The number of carbonyl (C=O) groups excluding carboxylic acids is 1. The fourth-order valence-corrected chi connectivity index (χ4v) is 6.29. The maximum Gasteiger partial charge on any atom is 0.333 e. The SMILES string of the molecule is Cc1ccc(S(=O)(=O)NC(=O)Nc2ccc3c(c2)CCN(S(=O)(=O)c2ccc(C)cc2)CC3)cc1. The van der Waals surface area contributed by atoms with Gasteiger partial charge in [-0.15, -0.1) is 0 Å². The molecule has 35 heavy (non-hydrogen) atoms. The molecule has 0 unspecified atom stereocenters. The van der Waals surface area contributed by atoms with Crippen molar-refractivity contribution in [3.63, 3.8) is 0 Å². The Balaban J connectivity index is 1.44. The number of nitrogens with one attached hydrogen (secondary N) is 2. The molecular formula is C25H27N3O5S2. The minimum absolute atomic E-state index is 0.00458. The van der Waals surface area contributed by atoms with Crippen LogP contribution in [0, 0.1) is 13.8 Å². The quantitative estimate of drug-likeness (QED) is 0.541. The van der Waals surface area contributed by atoms with Crippen LogP contribution in [0.15, 0.2) is 76.5 Å². The van der Waals surface area contributed by atoms with E-state index in [1.54, 1.807) is 48.5 Å². The van der Waals surface area contributed by atoms with Crippen molar-refractivity contribution in [1.29, 1.82) is 0 Å². The summed E-state index contributed by atoms with van der Waals surface area (Å²) in [6.45, 7) is 4.40. The number of fused-ring (bicyclic) bond motifs is 1. The third-order valence-corrected chi connectivity index (χ3v) is 9.20. The molecule has 0 saturated carbocycles. The molecule has 2 N–H and O–H groups in total. The van der Waals surface area contributed by atoms with Gasteiger partial charge in [-0.25, -0.2) is 26.4 Å². The number of sulfonamides is 2. The van der Waals surface area contributed by atoms with Crippen LogP contribution in [-0.2, 0) is 32.9 Å². The van der Waals surface area contributed by atoms with Gasteiger partial charge in [0.25, 0.3) is 10.0 Å². The van der Waals surface area contributed by atoms with E-state index in [9.17, 15) is 21.6 Å². The van der Waals surface area contributed by atoms with Gasteiger partial charge in [0.2, 0.25) is 10.0 Å². The molecular weight excluding hydrogens is 486 g/mol. The number of aryl methyl sites for hydroxylation is 2. The monoisotopic (exact) mass is 513 g/mol. The van der Waals surface area contributed by atoms with Crippen molar-refractivity contribution in [2.75, 3.05) is 18.4 Å². The smallest absolute Gasteiger partial charge is 0.307 e. The van der Waals surface area contributed by atoms with Crippen molar-refractivity contribution in [3.05, 3.63) is 89.0 Å². The van der Waals surface area contributed by atoms with E-state index in [4.69, 9.17) is 0 Å².